The molecule has 0 fully saturated rings. The van der Waals surface area contributed by atoms with Crippen LogP contribution in [0.4, 0.5) is 0 Å². The van der Waals surface area contributed by atoms with Gasteiger partial charge in [-0.2, -0.15) is 0 Å². The highest BCUT2D eigenvalue weighted by molar-refractivity contribution is 6.30. The molecule has 1 aromatic heterocycles. The summed E-state index contributed by atoms with van der Waals surface area (Å²) in [7, 11) is 0. The van der Waals surface area contributed by atoms with Gasteiger partial charge in [0.25, 0.3) is 0 Å². The topological polar surface area (TPSA) is 8.81 Å². The van der Waals surface area contributed by atoms with Crippen molar-refractivity contribution in [2.24, 2.45) is 0 Å². The first kappa shape index (κ1) is 28.9. The highest BCUT2D eigenvalue weighted by Gasteiger charge is 2.43. The molecule has 2 nitrogen and oxygen atoms in total. The SMILES string of the molecule is Clc1ccc(-c2ccc(C(c3ccccc3)[n+]3ccn(C(c4ccccc4)(c4ccccc4)c4ccc(Cl)cc4)c3)cc2)cc1. The molecule has 0 aliphatic heterocycles. The summed E-state index contributed by atoms with van der Waals surface area (Å²) in [5.74, 6) is 0. The second-order valence-electron chi connectivity index (χ2n) is 11.2. The summed E-state index contributed by atoms with van der Waals surface area (Å²) >= 11 is 12.6. The zero-order chi connectivity index (χ0) is 30.6. The minimum Gasteiger partial charge on any atom is -0.226 e. The molecule has 1 unspecified atom stereocenters. The molecule has 218 valence electrons. The van der Waals surface area contributed by atoms with E-state index in [1.165, 1.54) is 11.1 Å². The molecule has 7 aromatic rings. The predicted octanol–water partition coefficient (Wildman–Crippen LogP) is 10.2. The van der Waals surface area contributed by atoms with Gasteiger partial charge in [-0.05, 0) is 35.4 Å². The number of hydrogen-bond acceptors (Lipinski definition) is 0. The van der Waals surface area contributed by atoms with Gasteiger partial charge < -0.3 is 0 Å². The lowest BCUT2D eigenvalue weighted by atomic mass is 9.77. The zero-order valence-corrected chi connectivity index (χ0v) is 26.1. The minimum atomic E-state index is -0.641. The largest absolute Gasteiger partial charge is 0.245 e. The molecule has 0 bridgehead atoms. The average molecular weight is 623 g/mol. The molecular formula is C41H31Cl2N2+. The Hall–Kier alpha value is -4.89. The molecule has 0 aliphatic carbocycles. The van der Waals surface area contributed by atoms with Gasteiger partial charge in [-0.1, -0.05) is 163 Å². The van der Waals surface area contributed by atoms with E-state index in [1.54, 1.807) is 0 Å². The number of rotatable bonds is 8. The first-order valence-electron chi connectivity index (χ1n) is 15.0. The van der Waals surface area contributed by atoms with E-state index in [-0.39, 0.29) is 6.04 Å². The van der Waals surface area contributed by atoms with Crippen LogP contribution in [0.15, 0.2) is 183 Å². The maximum atomic E-state index is 6.42. The lowest BCUT2D eigenvalue weighted by Crippen LogP contribution is -2.42. The van der Waals surface area contributed by atoms with Gasteiger partial charge in [0, 0.05) is 37.9 Å². The van der Waals surface area contributed by atoms with Crippen molar-refractivity contribution in [2.45, 2.75) is 11.6 Å². The van der Waals surface area contributed by atoms with E-state index in [1.807, 2.05) is 24.3 Å². The summed E-state index contributed by atoms with van der Waals surface area (Å²) in [6, 6.07) is 57.1. The van der Waals surface area contributed by atoms with Gasteiger partial charge in [-0.25, -0.2) is 9.13 Å². The van der Waals surface area contributed by atoms with Crippen LogP contribution in [-0.2, 0) is 5.54 Å². The Kier molecular flexibility index (Phi) is 8.09. The first-order chi connectivity index (χ1) is 22.1. The molecule has 7 rings (SSSR count). The van der Waals surface area contributed by atoms with Gasteiger partial charge in [-0.15, -0.1) is 0 Å². The second-order valence-corrected chi connectivity index (χ2v) is 12.0. The fourth-order valence-corrected chi connectivity index (χ4v) is 6.64. The maximum Gasteiger partial charge on any atom is 0.245 e. The third-order valence-electron chi connectivity index (χ3n) is 8.51. The molecule has 0 N–H and O–H groups in total. The lowest BCUT2D eigenvalue weighted by molar-refractivity contribution is -0.704. The summed E-state index contributed by atoms with van der Waals surface area (Å²) in [6.07, 6.45) is 6.60. The Labute approximate surface area is 274 Å². The van der Waals surface area contributed by atoms with Crippen molar-refractivity contribution >= 4 is 23.2 Å². The monoisotopic (exact) mass is 621 g/mol. The molecule has 1 heterocycles. The summed E-state index contributed by atoms with van der Waals surface area (Å²) < 4.78 is 4.64. The number of aromatic nitrogens is 2. The van der Waals surface area contributed by atoms with Crippen LogP contribution in [-0.4, -0.2) is 4.57 Å². The number of benzene rings is 6. The Balaban J connectivity index is 1.40. The van der Waals surface area contributed by atoms with Crippen LogP contribution >= 0.6 is 23.2 Å². The molecule has 0 amide bonds. The predicted molar refractivity (Wildman–Crippen MR) is 185 cm³/mol. The molecule has 0 radical (unpaired) electrons. The van der Waals surface area contributed by atoms with E-state index in [0.717, 1.165) is 32.8 Å². The van der Waals surface area contributed by atoms with E-state index in [0.29, 0.717) is 5.02 Å². The molecule has 0 saturated carbocycles. The van der Waals surface area contributed by atoms with Crippen LogP contribution in [0.5, 0.6) is 0 Å². The third-order valence-corrected chi connectivity index (χ3v) is 9.01. The fourth-order valence-electron chi connectivity index (χ4n) is 6.39. The first-order valence-corrected chi connectivity index (χ1v) is 15.8. The number of hydrogen-bond donors (Lipinski definition) is 0. The van der Waals surface area contributed by atoms with Gasteiger partial charge in [0.1, 0.15) is 12.4 Å². The van der Waals surface area contributed by atoms with E-state index in [4.69, 9.17) is 23.2 Å². The molecular weight excluding hydrogens is 591 g/mol. The van der Waals surface area contributed by atoms with E-state index < -0.39 is 5.54 Å². The summed E-state index contributed by atoms with van der Waals surface area (Å²) in [5.41, 5.74) is 7.48. The van der Waals surface area contributed by atoms with Crippen LogP contribution in [0.3, 0.4) is 0 Å². The molecule has 1 atom stereocenters. The quantitative estimate of drug-likeness (QED) is 0.118. The van der Waals surface area contributed by atoms with Crippen molar-refractivity contribution in [1.29, 1.82) is 0 Å². The Bertz CT molecular complexity index is 1940. The molecule has 0 aliphatic rings. The van der Waals surface area contributed by atoms with E-state index in [2.05, 4.69) is 167 Å². The normalized spacial score (nSPS) is 12.1. The van der Waals surface area contributed by atoms with Crippen molar-refractivity contribution in [2.75, 3.05) is 0 Å². The average Bonchev–Trinajstić information content (AvgIpc) is 3.58. The van der Waals surface area contributed by atoms with Crippen molar-refractivity contribution < 1.29 is 4.57 Å². The summed E-state index contributed by atoms with van der Waals surface area (Å²) in [5, 5.41) is 1.45. The number of imidazole rings is 1. The number of halogens is 2. The van der Waals surface area contributed by atoms with Crippen molar-refractivity contribution in [3.8, 4) is 11.1 Å². The fraction of sp³-hybridized carbons (Fsp3) is 0.0488. The van der Waals surface area contributed by atoms with Crippen LogP contribution in [0.1, 0.15) is 33.9 Å². The molecule has 6 aromatic carbocycles. The highest BCUT2D eigenvalue weighted by atomic mass is 35.5. The van der Waals surface area contributed by atoms with Crippen LogP contribution in [0.2, 0.25) is 10.0 Å². The molecule has 0 spiro atoms. The maximum absolute atomic E-state index is 6.42. The Morgan fingerprint density at radius 1 is 0.467 bits per heavy atom. The zero-order valence-electron chi connectivity index (χ0n) is 24.5. The van der Waals surface area contributed by atoms with Crippen molar-refractivity contribution in [3.63, 3.8) is 0 Å². The molecule has 45 heavy (non-hydrogen) atoms. The van der Waals surface area contributed by atoms with Crippen LogP contribution in [0, 0.1) is 0 Å². The van der Waals surface area contributed by atoms with E-state index >= 15 is 0 Å². The van der Waals surface area contributed by atoms with Crippen LogP contribution in [0.25, 0.3) is 11.1 Å². The standard InChI is InChI=1S/C41H31Cl2N2/c42-38-24-20-32(21-25-38)31-16-18-34(19-17-31)40(33-10-4-1-5-11-33)44-28-29-45(30-44)41(35-12-6-2-7-13-35,36-14-8-3-9-15-36)37-22-26-39(43)27-23-37/h1-30,40H/q+1. The summed E-state index contributed by atoms with van der Waals surface area (Å²) in [4.78, 5) is 0. The highest BCUT2D eigenvalue weighted by Crippen LogP contribution is 2.41. The van der Waals surface area contributed by atoms with Gasteiger partial charge in [0.15, 0.2) is 11.6 Å². The minimum absolute atomic E-state index is 0.0406. The smallest absolute Gasteiger partial charge is 0.226 e. The van der Waals surface area contributed by atoms with Gasteiger partial charge in [0.05, 0.1) is 0 Å². The third kappa shape index (κ3) is 5.60. The Morgan fingerprint density at radius 2 is 0.889 bits per heavy atom. The van der Waals surface area contributed by atoms with Crippen molar-refractivity contribution in [1.82, 2.24) is 4.57 Å². The van der Waals surface area contributed by atoms with Gasteiger partial charge >= 0.3 is 0 Å². The second kappa shape index (κ2) is 12.6. The molecule has 0 saturated heterocycles. The van der Waals surface area contributed by atoms with Gasteiger partial charge in [-0.3, -0.25) is 0 Å². The van der Waals surface area contributed by atoms with Crippen molar-refractivity contribution in [3.05, 3.63) is 220 Å². The number of nitrogens with zero attached hydrogens (tertiary/aromatic N) is 2. The van der Waals surface area contributed by atoms with Gasteiger partial charge in [0.2, 0.25) is 6.33 Å². The van der Waals surface area contributed by atoms with Crippen LogP contribution < -0.4 is 4.57 Å². The lowest BCUT2D eigenvalue weighted by Gasteiger charge is -2.32. The van der Waals surface area contributed by atoms with E-state index in [9.17, 15) is 0 Å². The molecule has 4 heteroatoms. The summed E-state index contributed by atoms with van der Waals surface area (Å²) in [6.45, 7) is 0. The Morgan fingerprint density at radius 3 is 1.42 bits per heavy atom.